The van der Waals surface area contributed by atoms with E-state index in [2.05, 4.69) is 23.4 Å². The van der Waals surface area contributed by atoms with Crippen LogP contribution >= 0.6 is 0 Å². The van der Waals surface area contributed by atoms with Crippen LogP contribution in [0.1, 0.15) is 31.3 Å². The summed E-state index contributed by atoms with van der Waals surface area (Å²) in [5.74, 6) is 1.99. The van der Waals surface area contributed by atoms with Crippen LogP contribution < -0.4 is 5.73 Å². The van der Waals surface area contributed by atoms with E-state index in [1.54, 1.807) is 0 Å². The number of imidazole rings is 1. The second-order valence-corrected chi connectivity index (χ2v) is 4.54. The summed E-state index contributed by atoms with van der Waals surface area (Å²) in [6.45, 7) is 5.34. The fourth-order valence-corrected chi connectivity index (χ4v) is 2.38. The Bertz CT molecular complexity index is 314. The number of hydrogen-bond donors (Lipinski definition) is 1. The second-order valence-electron chi connectivity index (χ2n) is 4.54. The zero-order valence-electron chi connectivity index (χ0n) is 9.03. The fourth-order valence-electron chi connectivity index (χ4n) is 2.38. The molecule has 2 unspecified atom stereocenters. The van der Waals surface area contributed by atoms with Gasteiger partial charge in [-0.2, -0.15) is 0 Å². The topological polar surface area (TPSA) is 43.8 Å². The average Bonchev–Trinajstić information content (AvgIpc) is 2.46. The molecular weight excluding hydrogens is 174 g/mol. The van der Waals surface area contributed by atoms with Crippen molar-refractivity contribution in [1.82, 2.24) is 9.55 Å². The van der Waals surface area contributed by atoms with Crippen molar-refractivity contribution in [2.75, 3.05) is 0 Å². The van der Waals surface area contributed by atoms with Crippen molar-refractivity contribution in [2.45, 2.75) is 45.7 Å². The molecule has 0 saturated heterocycles. The molecule has 2 N–H and O–H groups in total. The summed E-state index contributed by atoms with van der Waals surface area (Å²) in [6.07, 6.45) is 5.47. The summed E-state index contributed by atoms with van der Waals surface area (Å²) in [5, 5.41) is 0. The van der Waals surface area contributed by atoms with Gasteiger partial charge in [0.25, 0.3) is 0 Å². The molecule has 0 spiro atoms. The van der Waals surface area contributed by atoms with Crippen molar-refractivity contribution in [1.29, 1.82) is 0 Å². The molecule has 0 saturated carbocycles. The molecule has 2 rings (SSSR count). The van der Waals surface area contributed by atoms with Crippen molar-refractivity contribution < 1.29 is 0 Å². The third-order valence-corrected chi connectivity index (χ3v) is 3.08. The quantitative estimate of drug-likeness (QED) is 0.773. The second kappa shape index (κ2) is 3.73. The van der Waals surface area contributed by atoms with Gasteiger partial charge in [0.2, 0.25) is 0 Å². The van der Waals surface area contributed by atoms with Gasteiger partial charge in [0.05, 0.1) is 0 Å². The van der Waals surface area contributed by atoms with E-state index in [1.807, 2.05) is 6.20 Å². The van der Waals surface area contributed by atoms with E-state index in [0.717, 1.165) is 25.3 Å². The third-order valence-electron chi connectivity index (χ3n) is 3.08. The minimum absolute atomic E-state index is 0.322. The first-order chi connectivity index (χ1) is 6.66. The molecule has 14 heavy (non-hydrogen) atoms. The van der Waals surface area contributed by atoms with E-state index in [1.165, 1.54) is 17.9 Å². The van der Waals surface area contributed by atoms with Crippen LogP contribution in [0.5, 0.6) is 0 Å². The highest BCUT2D eigenvalue weighted by molar-refractivity contribution is 5.06. The number of aromatic nitrogens is 2. The highest BCUT2D eigenvalue weighted by atomic mass is 15.1. The van der Waals surface area contributed by atoms with Crippen LogP contribution in [0.25, 0.3) is 0 Å². The number of rotatable bonds is 2. The van der Waals surface area contributed by atoms with Gasteiger partial charge >= 0.3 is 0 Å². The van der Waals surface area contributed by atoms with Crippen LogP contribution in [0.3, 0.4) is 0 Å². The lowest BCUT2D eigenvalue weighted by molar-refractivity contribution is 0.341. The average molecular weight is 193 g/mol. The number of nitrogens with zero attached hydrogens (tertiary/aromatic N) is 2. The van der Waals surface area contributed by atoms with Crippen LogP contribution in [0.15, 0.2) is 6.20 Å². The molecule has 0 radical (unpaired) electrons. The van der Waals surface area contributed by atoms with Gasteiger partial charge in [0, 0.05) is 30.9 Å². The van der Waals surface area contributed by atoms with Crippen molar-refractivity contribution in [2.24, 2.45) is 11.7 Å². The van der Waals surface area contributed by atoms with Crippen LogP contribution in [-0.4, -0.2) is 15.6 Å². The number of aryl methyl sites for hydroxylation is 1. The Labute approximate surface area is 85.3 Å². The van der Waals surface area contributed by atoms with E-state index >= 15 is 0 Å². The van der Waals surface area contributed by atoms with Crippen LogP contribution in [0.2, 0.25) is 0 Å². The molecular formula is C11H19N3. The molecule has 0 bridgehead atoms. The Morgan fingerprint density at radius 2 is 2.50 bits per heavy atom. The van der Waals surface area contributed by atoms with E-state index < -0.39 is 0 Å². The maximum Gasteiger partial charge on any atom is 0.109 e. The molecule has 1 aromatic rings. The van der Waals surface area contributed by atoms with Gasteiger partial charge in [0.1, 0.15) is 5.82 Å². The molecule has 1 aliphatic rings. The lowest BCUT2D eigenvalue weighted by Crippen LogP contribution is -2.26. The van der Waals surface area contributed by atoms with E-state index in [-0.39, 0.29) is 0 Å². The first-order valence-corrected chi connectivity index (χ1v) is 5.43. The van der Waals surface area contributed by atoms with E-state index in [4.69, 9.17) is 5.73 Å². The smallest absolute Gasteiger partial charge is 0.109 e. The first kappa shape index (κ1) is 9.71. The van der Waals surface area contributed by atoms with Gasteiger partial charge in [-0.15, -0.1) is 0 Å². The standard InChI is InChI=1S/C11H19N3/c1-8(12)5-10-3-4-14-9(2)7-13-11(14)6-10/h7-8,10H,3-6,12H2,1-2H3. The Balaban J connectivity index is 2.06. The highest BCUT2D eigenvalue weighted by Gasteiger charge is 2.21. The normalized spacial score (nSPS) is 23.2. The molecule has 1 aromatic heterocycles. The van der Waals surface area contributed by atoms with Crippen molar-refractivity contribution >= 4 is 0 Å². The summed E-state index contributed by atoms with van der Waals surface area (Å²) < 4.78 is 2.33. The van der Waals surface area contributed by atoms with Gasteiger partial charge in [-0.25, -0.2) is 4.98 Å². The van der Waals surface area contributed by atoms with Crippen LogP contribution in [0.4, 0.5) is 0 Å². The number of nitrogens with two attached hydrogens (primary N) is 1. The maximum atomic E-state index is 5.82. The molecule has 0 fully saturated rings. The predicted octanol–water partition coefficient (Wildman–Crippen LogP) is 1.49. The van der Waals surface area contributed by atoms with Gasteiger partial charge in [-0.1, -0.05) is 0 Å². The molecule has 3 heteroatoms. The Morgan fingerprint density at radius 3 is 3.21 bits per heavy atom. The predicted molar refractivity (Wildman–Crippen MR) is 57.0 cm³/mol. The van der Waals surface area contributed by atoms with Gasteiger partial charge in [0.15, 0.2) is 0 Å². The van der Waals surface area contributed by atoms with Gasteiger partial charge < -0.3 is 10.3 Å². The minimum atomic E-state index is 0.322. The largest absolute Gasteiger partial charge is 0.332 e. The van der Waals surface area contributed by atoms with Gasteiger partial charge in [-0.3, -0.25) is 0 Å². The molecule has 1 aliphatic heterocycles. The van der Waals surface area contributed by atoms with Crippen molar-refractivity contribution in [3.8, 4) is 0 Å². The summed E-state index contributed by atoms with van der Waals surface area (Å²) in [6, 6.07) is 0.322. The van der Waals surface area contributed by atoms with Crippen LogP contribution in [-0.2, 0) is 13.0 Å². The lowest BCUT2D eigenvalue weighted by atomic mass is 9.91. The number of hydrogen-bond acceptors (Lipinski definition) is 2. The number of fused-ring (bicyclic) bond motifs is 1. The molecule has 2 heterocycles. The van der Waals surface area contributed by atoms with Crippen LogP contribution in [0, 0.1) is 12.8 Å². The first-order valence-electron chi connectivity index (χ1n) is 5.43. The minimum Gasteiger partial charge on any atom is -0.332 e. The Morgan fingerprint density at radius 1 is 1.71 bits per heavy atom. The molecule has 0 aromatic carbocycles. The zero-order valence-corrected chi connectivity index (χ0v) is 9.03. The molecule has 78 valence electrons. The lowest BCUT2D eigenvalue weighted by Gasteiger charge is -2.25. The monoisotopic (exact) mass is 193 g/mol. The maximum absolute atomic E-state index is 5.82. The highest BCUT2D eigenvalue weighted by Crippen LogP contribution is 2.24. The molecule has 2 atom stereocenters. The third kappa shape index (κ3) is 1.82. The summed E-state index contributed by atoms with van der Waals surface area (Å²) in [5.41, 5.74) is 7.11. The Hall–Kier alpha value is -0.830. The summed E-state index contributed by atoms with van der Waals surface area (Å²) in [4.78, 5) is 4.44. The summed E-state index contributed by atoms with van der Waals surface area (Å²) >= 11 is 0. The van der Waals surface area contributed by atoms with E-state index in [9.17, 15) is 0 Å². The van der Waals surface area contributed by atoms with Crippen molar-refractivity contribution in [3.63, 3.8) is 0 Å². The summed E-state index contributed by atoms with van der Waals surface area (Å²) in [7, 11) is 0. The van der Waals surface area contributed by atoms with Crippen molar-refractivity contribution in [3.05, 3.63) is 17.7 Å². The molecule has 0 amide bonds. The zero-order chi connectivity index (χ0) is 10.1. The SMILES string of the molecule is Cc1cnc2n1CCC(CC(C)N)C2. The van der Waals surface area contributed by atoms with Gasteiger partial charge in [-0.05, 0) is 32.6 Å². The molecule has 0 aliphatic carbocycles. The Kier molecular flexibility index (Phi) is 2.59. The van der Waals surface area contributed by atoms with E-state index in [0.29, 0.717) is 6.04 Å². The molecule has 3 nitrogen and oxygen atoms in total. The fraction of sp³-hybridized carbons (Fsp3) is 0.727.